The summed E-state index contributed by atoms with van der Waals surface area (Å²) in [7, 11) is 0. The van der Waals surface area contributed by atoms with Crippen LogP contribution in [-0.2, 0) is 0 Å². The zero-order chi connectivity index (χ0) is 25.5. The van der Waals surface area contributed by atoms with Gasteiger partial charge in [0.15, 0.2) is 0 Å². The van der Waals surface area contributed by atoms with Crippen LogP contribution in [0.25, 0.3) is 22.6 Å². The number of nitrogens with one attached hydrogen (secondary N) is 2. The minimum Gasteiger partial charge on any atom is -0.478 e. The van der Waals surface area contributed by atoms with Gasteiger partial charge in [0.1, 0.15) is 23.0 Å². The van der Waals surface area contributed by atoms with Gasteiger partial charge in [0, 0.05) is 11.1 Å². The van der Waals surface area contributed by atoms with E-state index in [-0.39, 0.29) is 11.1 Å². The Morgan fingerprint density at radius 3 is 1.47 bits per heavy atom. The predicted octanol–water partition coefficient (Wildman–Crippen LogP) is 4.27. The molecule has 36 heavy (non-hydrogen) atoms. The Balaban J connectivity index is 1.32. The number of rotatable bonds is 8. The summed E-state index contributed by atoms with van der Waals surface area (Å²) in [6.07, 6.45) is 2.49. The zero-order valence-corrected chi connectivity index (χ0v) is 18.4. The topological polar surface area (TPSA) is 167 Å². The van der Waals surface area contributed by atoms with Crippen molar-refractivity contribution in [1.29, 1.82) is 0 Å². The third-order valence-corrected chi connectivity index (χ3v) is 4.82. The SMILES string of the molecule is O=C(NN=Cc1ccc(-c2ccccc2C(=O)O)o1)N/N=C/c1ccc(-c2ccccc2C(=O)O)o1. The molecule has 11 heteroatoms. The van der Waals surface area contributed by atoms with Crippen molar-refractivity contribution in [1.82, 2.24) is 10.9 Å². The Kier molecular flexibility index (Phi) is 7.01. The maximum Gasteiger partial charge on any atom is 0.355 e. The van der Waals surface area contributed by atoms with Crippen LogP contribution in [0.1, 0.15) is 32.2 Å². The van der Waals surface area contributed by atoms with E-state index in [1.165, 1.54) is 24.6 Å². The standard InChI is InChI=1S/C25H18N4O7/c30-23(31)19-7-3-1-5-17(19)21-11-9-15(35-21)13-26-28-25(34)29-27-14-16-10-12-22(36-16)18-6-2-4-8-20(18)24(32)33/h1-14H,(H,30,31)(H,32,33)(H2,28,29,34)/b26-13+,27-14?. The van der Waals surface area contributed by atoms with Crippen LogP contribution in [0.5, 0.6) is 0 Å². The van der Waals surface area contributed by atoms with E-state index in [1.54, 1.807) is 60.7 Å². The molecule has 0 spiro atoms. The van der Waals surface area contributed by atoms with E-state index in [2.05, 4.69) is 21.1 Å². The monoisotopic (exact) mass is 486 g/mol. The van der Waals surface area contributed by atoms with Gasteiger partial charge in [-0.3, -0.25) is 0 Å². The average Bonchev–Trinajstić information content (AvgIpc) is 3.54. The van der Waals surface area contributed by atoms with Crippen molar-refractivity contribution in [2.45, 2.75) is 0 Å². The lowest BCUT2D eigenvalue weighted by Gasteiger charge is -2.02. The van der Waals surface area contributed by atoms with E-state index >= 15 is 0 Å². The molecule has 4 rings (SSSR count). The zero-order valence-electron chi connectivity index (χ0n) is 18.4. The summed E-state index contributed by atoms with van der Waals surface area (Å²) in [5.41, 5.74) is 5.43. The Labute approximate surface area is 203 Å². The first-order valence-corrected chi connectivity index (χ1v) is 10.4. The number of furan rings is 2. The van der Waals surface area contributed by atoms with Crippen LogP contribution in [0.3, 0.4) is 0 Å². The van der Waals surface area contributed by atoms with Gasteiger partial charge in [-0.2, -0.15) is 10.2 Å². The van der Waals surface area contributed by atoms with Crippen LogP contribution >= 0.6 is 0 Å². The number of hydrogen-bond donors (Lipinski definition) is 4. The average molecular weight is 486 g/mol. The van der Waals surface area contributed by atoms with Crippen LogP contribution < -0.4 is 10.9 Å². The fourth-order valence-electron chi connectivity index (χ4n) is 3.24. The first-order chi connectivity index (χ1) is 17.4. The molecule has 0 radical (unpaired) electrons. The molecule has 0 bridgehead atoms. The molecule has 0 saturated heterocycles. The van der Waals surface area contributed by atoms with Gasteiger partial charge in [-0.25, -0.2) is 25.2 Å². The highest BCUT2D eigenvalue weighted by molar-refractivity contribution is 5.96. The predicted molar refractivity (Wildman–Crippen MR) is 129 cm³/mol. The van der Waals surface area contributed by atoms with E-state index in [0.29, 0.717) is 34.2 Å². The minimum atomic E-state index is -1.08. The molecule has 0 aliphatic carbocycles. The highest BCUT2D eigenvalue weighted by Gasteiger charge is 2.14. The molecule has 11 nitrogen and oxygen atoms in total. The third-order valence-electron chi connectivity index (χ3n) is 4.82. The molecule has 2 heterocycles. The van der Waals surface area contributed by atoms with Crippen LogP contribution in [-0.4, -0.2) is 40.6 Å². The third kappa shape index (κ3) is 5.54. The van der Waals surface area contributed by atoms with Gasteiger partial charge < -0.3 is 19.0 Å². The number of aromatic carboxylic acids is 2. The summed E-state index contributed by atoms with van der Waals surface area (Å²) in [6, 6.07) is 18.4. The van der Waals surface area contributed by atoms with Gasteiger partial charge in [0.2, 0.25) is 0 Å². The summed E-state index contributed by atoms with van der Waals surface area (Å²) < 4.78 is 11.2. The van der Waals surface area contributed by atoms with Crippen molar-refractivity contribution in [3.63, 3.8) is 0 Å². The summed E-state index contributed by atoms with van der Waals surface area (Å²) in [5.74, 6) is -0.893. The quantitative estimate of drug-likeness (QED) is 0.213. The van der Waals surface area contributed by atoms with E-state index in [0.717, 1.165) is 0 Å². The van der Waals surface area contributed by atoms with Gasteiger partial charge in [-0.1, -0.05) is 36.4 Å². The highest BCUT2D eigenvalue weighted by atomic mass is 16.4. The maximum absolute atomic E-state index is 11.9. The molecule has 0 saturated carbocycles. The second kappa shape index (κ2) is 10.7. The van der Waals surface area contributed by atoms with Crippen molar-refractivity contribution >= 4 is 30.4 Å². The van der Waals surface area contributed by atoms with Crippen molar-refractivity contribution < 1.29 is 33.4 Å². The smallest absolute Gasteiger partial charge is 0.355 e. The molecule has 0 fully saturated rings. The molecule has 4 aromatic rings. The lowest BCUT2D eigenvalue weighted by atomic mass is 10.1. The summed E-state index contributed by atoms with van der Waals surface area (Å²) in [4.78, 5) is 34.6. The van der Waals surface area contributed by atoms with E-state index < -0.39 is 18.0 Å². The minimum absolute atomic E-state index is 0.0977. The van der Waals surface area contributed by atoms with Gasteiger partial charge in [-0.05, 0) is 36.4 Å². The molecule has 0 unspecified atom stereocenters. The molecular weight excluding hydrogens is 468 g/mol. The second-order valence-electron chi connectivity index (χ2n) is 7.17. The number of carboxylic acids is 2. The maximum atomic E-state index is 11.9. The van der Waals surface area contributed by atoms with E-state index in [1.807, 2.05) is 0 Å². The van der Waals surface area contributed by atoms with Gasteiger partial charge >= 0.3 is 18.0 Å². The fourth-order valence-corrected chi connectivity index (χ4v) is 3.24. The number of amides is 2. The van der Waals surface area contributed by atoms with Gasteiger partial charge in [0.05, 0.1) is 23.6 Å². The van der Waals surface area contributed by atoms with Gasteiger partial charge in [-0.15, -0.1) is 0 Å². The molecule has 2 amide bonds. The summed E-state index contributed by atoms with van der Waals surface area (Å²) in [5, 5.41) is 26.1. The Morgan fingerprint density at radius 2 is 1.06 bits per heavy atom. The number of nitrogens with zero attached hydrogens (tertiary/aromatic N) is 2. The van der Waals surface area contributed by atoms with Crippen LogP contribution in [0, 0.1) is 0 Å². The molecule has 0 atom stereocenters. The molecule has 4 N–H and O–H groups in total. The molecule has 180 valence electrons. The van der Waals surface area contributed by atoms with E-state index in [4.69, 9.17) is 8.83 Å². The van der Waals surface area contributed by atoms with Crippen LogP contribution in [0.2, 0.25) is 0 Å². The number of hydrazone groups is 2. The lowest BCUT2D eigenvalue weighted by molar-refractivity contribution is 0.0686. The van der Waals surface area contributed by atoms with Crippen molar-refractivity contribution in [3.05, 3.63) is 95.4 Å². The number of benzene rings is 2. The molecule has 2 aromatic carbocycles. The fraction of sp³-hybridized carbons (Fsp3) is 0. The Morgan fingerprint density at radius 1 is 0.639 bits per heavy atom. The van der Waals surface area contributed by atoms with Crippen molar-refractivity contribution in [2.75, 3.05) is 0 Å². The Hall–Kier alpha value is -5.45. The number of carbonyl (C=O) groups is 3. The molecule has 2 aromatic heterocycles. The largest absolute Gasteiger partial charge is 0.478 e. The summed E-state index contributed by atoms with van der Waals surface area (Å²) in [6.45, 7) is 0. The number of carbonyl (C=O) groups excluding carboxylic acids is 1. The van der Waals surface area contributed by atoms with Crippen molar-refractivity contribution in [2.24, 2.45) is 10.2 Å². The van der Waals surface area contributed by atoms with E-state index in [9.17, 15) is 24.6 Å². The van der Waals surface area contributed by atoms with Crippen LogP contribution in [0.4, 0.5) is 4.79 Å². The summed E-state index contributed by atoms with van der Waals surface area (Å²) >= 11 is 0. The number of urea groups is 1. The molecule has 0 aliphatic rings. The first kappa shape index (κ1) is 23.7. The first-order valence-electron chi connectivity index (χ1n) is 10.4. The second-order valence-corrected chi connectivity index (χ2v) is 7.17. The van der Waals surface area contributed by atoms with Gasteiger partial charge in [0.25, 0.3) is 0 Å². The number of hydrogen-bond acceptors (Lipinski definition) is 7. The number of carboxylic acid groups (broad SMARTS) is 2. The lowest BCUT2D eigenvalue weighted by Crippen LogP contribution is -2.28. The highest BCUT2D eigenvalue weighted by Crippen LogP contribution is 2.26. The normalized spacial score (nSPS) is 11.1. The molecule has 0 aliphatic heterocycles. The Bertz CT molecular complexity index is 1370. The van der Waals surface area contributed by atoms with Crippen LogP contribution in [0.15, 0.2) is 91.8 Å². The molecular formula is C25H18N4O7. The van der Waals surface area contributed by atoms with Crippen molar-refractivity contribution in [3.8, 4) is 22.6 Å².